The summed E-state index contributed by atoms with van der Waals surface area (Å²) in [5, 5.41) is 12.1. The minimum atomic E-state index is -1.00. The first kappa shape index (κ1) is 25.2. The predicted molar refractivity (Wildman–Crippen MR) is 131 cm³/mol. The van der Waals surface area contributed by atoms with Crippen LogP contribution in [-0.2, 0) is 6.54 Å². The van der Waals surface area contributed by atoms with Gasteiger partial charge in [0.25, 0.3) is 23.4 Å². The summed E-state index contributed by atoms with van der Waals surface area (Å²) in [6.07, 6.45) is 0. The summed E-state index contributed by atoms with van der Waals surface area (Å²) in [6.45, 7) is -0.513. The van der Waals surface area contributed by atoms with E-state index in [-0.39, 0.29) is 48.0 Å². The number of nitro groups is 1. The van der Waals surface area contributed by atoms with Gasteiger partial charge >= 0.3 is 0 Å². The fourth-order valence-electron chi connectivity index (χ4n) is 3.52. The third-order valence-electron chi connectivity index (χ3n) is 5.16. The molecule has 1 aliphatic rings. The van der Waals surface area contributed by atoms with Gasteiger partial charge in [-0.1, -0.05) is 76.2 Å². The lowest BCUT2D eigenvalue weighted by molar-refractivity contribution is -0.385. The van der Waals surface area contributed by atoms with Crippen molar-refractivity contribution >= 4 is 81.4 Å². The van der Waals surface area contributed by atoms with Gasteiger partial charge < -0.3 is 0 Å². The normalized spacial score (nSPS) is 12.7. The van der Waals surface area contributed by atoms with Gasteiger partial charge in [-0.25, -0.2) is 5.01 Å². The Morgan fingerprint density at radius 1 is 0.829 bits per heavy atom. The third-order valence-corrected chi connectivity index (χ3v) is 7.21. The molecule has 0 saturated carbocycles. The number of carbonyl (C=O) groups excluding carboxylic acids is 3. The van der Waals surface area contributed by atoms with Crippen LogP contribution in [0.4, 0.5) is 5.69 Å². The summed E-state index contributed by atoms with van der Waals surface area (Å²) < 4.78 is 0. The van der Waals surface area contributed by atoms with E-state index in [1.165, 1.54) is 48.5 Å². The second-order valence-corrected chi connectivity index (χ2v) is 9.13. The summed E-state index contributed by atoms with van der Waals surface area (Å²) in [5.41, 5.74) is -0.886. The quantitative estimate of drug-likeness (QED) is 0.111. The molecule has 3 aromatic carbocycles. The molecule has 35 heavy (non-hydrogen) atoms. The van der Waals surface area contributed by atoms with E-state index in [1.54, 1.807) is 0 Å². The van der Waals surface area contributed by atoms with Crippen LogP contribution in [0.5, 0.6) is 0 Å². The minimum absolute atomic E-state index is 0.0535. The predicted octanol–water partition coefficient (Wildman–Crippen LogP) is 6.72. The molecule has 4 rings (SSSR count). The zero-order valence-corrected chi connectivity index (χ0v) is 20.9. The Balaban J connectivity index is 1.88. The highest BCUT2D eigenvalue weighted by Crippen LogP contribution is 2.45. The van der Waals surface area contributed by atoms with Gasteiger partial charge in [-0.3, -0.25) is 24.5 Å². The number of fused-ring (bicyclic) bond motifs is 1. The third kappa shape index (κ3) is 4.32. The van der Waals surface area contributed by atoms with E-state index in [9.17, 15) is 24.5 Å². The van der Waals surface area contributed by atoms with E-state index < -0.39 is 29.2 Å². The van der Waals surface area contributed by atoms with Crippen molar-refractivity contribution in [1.82, 2.24) is 10.0 Å². The second kappa shape index (κ2) is 9.64. The number of para-hydroxylation sites is 1. The fourth-order valence-corrected chi connectivity index (χ4v) is 4.66. The highest BCUT2D eigenvalue weighted by Gasteiger charge is 2.46. The topological polar surface area (TPSA) is 101 Å². The van der Waals surface area contributed by atoms with Gasteiger partial charge in [0.05, 0.1) is 48.2 Å². The van der Waals surface area contributed by atoms with Crippen LogP contribution < -0.4 is 0 Å². The lowest BCUT2D eigenvalue weighted by Crippen LogP contribution is -2.49. The highest BCUT2D eigenvalue weighted by molar-refractivity contribution is 6.55. The van der Waals surface area contributed by atoms with Crippen LogP contribution in [-0.4, -0.2) is 32.7 Å². The van der Waals surface area contributed by atoms with Gasteiger partial charge in [0, 0.05) is 16.7 Å². The summed E-state index contributed by atoms with van der Waals surface area (Å²) >= 11 is 30.5. The molecule has 0 atom stereocenters. The first-order valence-corrected chi connectivity index (χ1v) is 11.5. The number of hydrogen-bond donors (Lipinski definition) is 0. The molecule has 3 amide bonds. The molecule has 0 saturated heterocycles. The summed E-state index contributed by atoms with van der Waals surface area (Å²) in [4.78, 5) is 51.2. The first-order valence-electron chi connectivity index (χ1n) is 9.59. The van der Waals surface area contributed by atoms with Gasteiger partial charge in [0.15, 0.2) is 0 Å². The van der Waals surface area contributed by atoms with Crippen LogP contribution in [0.15, 0.2) is 48.5 Å². The molecule has 0 unspecified atom stereocenters. The fraction of sp³-hybridized carbons (Fsp3) is 0.0455. The van der Waals surface area contributed by atoms with E-state index in [0.717, 1.165) is 5.01 Å². The Morgan fingerprint density at radius 3 is 1.86 bits per heavy atom. The van der Waals surface area contributed by atoms with Crippen molar-refractivity contribution in [3.8, 4) is 0 Å². The number of amides is 3. The van der Waals surface area contributed by atoms with E-state index in [2.05, 4.69) is 0 Å². The van der Waals surface area contributed by atoms with Gasteiger partial charge in [-0.2, -0.15) is 5.01 Å². The van der Waals surface area contributed by atoms with Crippen LogP contribution in [0.3, 0.4) is 0 Å². The van der Waals surface area contributed by atoms with Crippen molar-refractivity contribution < 1.29 is 19.3 Å². The van der Waals surface area contributed by atoms with E-state index in [0.29, 0.717) is 10.0 Å². The summed E-state index contributed by atoms with van der Waals surface area (Å²) in [6, 6.07) is 11.2. The number of halogens is 5. The van der Waals surface area contributed by atoms with Crippen molar-refractivity contribution in [3.63, 3.8) is 0 Å². The zero-order chi connectivity index (χ0) is 25.6. The van der Waals surface area contributed by atoms with E-state index in [4.69, 9.17) is 58.0 Å². The highest BCUT2D eigenvalue weighted by atomic mass is 35.5. The number of imide groups is 1. The molecule has 1 heterocycles. The largest absolute Gasteiger partial charge is 0.282 e. The molecule has 178 valence electrons. The lowest BCUT2D eigenvalue weighted by atomic mass is 10.1. The van der Waals surface area contributed by atoms with Crippen LogP contribution in [0.2, 0.25) is 25.1 Å². The molecule has 0 fully saturated rings. The Labute approximate surface area is 222 Å². The number of carbonyl (C=O) groups is 3. The average molecular weight is 574 g/mol. The standard InChI is InChI=1S/C22H10Cl5N3O5/c23-12-7-5-10(6-8-12)20(31)28(9-11-3-1-2-4-13(11)30(34)35)29-21(32)14-15(22(29)33)17(25)19(27)18(26)16(14)24/h1-8H,9H2. The van der Waals surface area contributed by atoms with Gasteiger partial charge in [-0.15, -0.1) is 0 Å². The molecular weight excluding hydrogens is 564 g/mol. The minimum Gasteiger partial charge on any atom is -0.267 e. The van der Waals surface area contributed by atoms with Crippen LogP contribution in [0.25, 0.3) is 0 Å². The maximum absolute atomic E-state index is 13.5. The molecule has 0 radical (unpaired) electrons. The number of benzene rings is 3. The van der Waals surface area contributed by atoms with Crippen molar-refractivity contribution in [2.24, 2.45) is 0 Å². The van der Waals surface area contributed by atoms with E-state index in [1.807, 2.05) is 0 Å². The molecule has 8 nitrogen and oxygen atoms in total. The summed E-state index contributed by atoms with van der Waals surface area (Å²) in [5.74, 6) is -2.83. The second-order valence-electron chi connectivity index (χ2n) is 7.18. The van der Waals surface area contributed by atoms with Crippen molar-refractivity contribution in [3.05, 3.63) is 106 Å². The first-order chi connectivity index (χ1) is 16.5. The Morgan fingerprint density at radius 2 is 1.34 bits per heavy atom. The molecule has 0 bridgehead atoms. The number of hydrogen-bond acceptors (Lipinski definition) is 5. The molecule has 0 aromatic heterocycles. The van der Waals surface area contributed by atoms with E-state index >= 15 is 0 Å². The summed E-state index contributed by atoms with van der Waals surface area (Å²) in [7, 11) is 0. The Bertz CT molecular complexity index is 1380. The van der Waals surface area contributed by atoms with Crippen LogP contribution in [0, 0.1) is 10.1 Å². The Hall–Kier alpha value is -2.88. The molecule has 0 aliphatic carbocycles. The van der Waals surface area contributed by atoms with Gasteiger partial charge in [0.1, 0.15) is 0 Å². The molecule has 3 aromatic rings. The number of nitro benzene ring substituents is 1. The molecule has 1 aliphatic heterocycles. The zero-order valence-electron chi connectivity index (χ0n) is 17.1. The maximum atomic E-state index is 13.5. The SMILES string of the molecule is O=C(c1ccc(Cl)cc1)N(Cc1ccccc1[N+](=O)[O-])N1C(=O)c2c(Cl)c(Cl)c(Cl)c(Cl)c2C1=O. The number of nitrogens with zero attached hydrogens (tertiary/aromatic N) is 3. The number of hydrazine groups is 1. The van der Waals surface area contributed by atoms with Gasteiger partial charge in [-0.05, 0) is 24.3 Å². The van der Waals surface area contributed by atoms with Crippen molar-refractivity contribution in [1.29, 1.82) is 0 Å². The molecule has 0 spiro atoms. The maximum Gasteiger partial charge on any atom is 0.282 e. The Kier molecular flexibility index (Phi) is 6.95. The molecular formula is C22H10Cl5N3O5. The smallest absolute Gasteiger partial charge is 0.267 e. The number of rotatable bonds is 5. The molecule has 13 heteroatoms. The van der Waals surface area contributed by atoms with Crippen LogP contribution >= 0.6 is 58.0 Å². The van der Waals surface area contributed by atoms with Gasteiger partial charge in [0.2, 0.25) is 0 Å². The van der Waals surface area contributed by atoms with Crippen molar-refractivity contribution in [2.45, 2.75) is 6.54 Å². The lowest BCUT2D eigenvalue weighted by Gasteiger charge is -2.30. The van der Waals surface area contributed by atoms with Crippen LogP contribution in [0.1, 0.15) is 36.6 Å². The average Bonchev–Trinajstić information content (AvgIpc) is 3.10. The monoisotopic (exact) mass is 571 g/mol. The molecule has 0 N–H and O–H groups in total. The van der Waals surface area contributed by atoms with Crippen molar-refractivity contribution in [2.75, 3.05) is 0 Å².